The van der Waals surface area contributed by atoms with Crippen molar-refractivity contribution in [2.24, 2.45) is 0 Å². The predicted molar refractivity (Wildman–Crippen MR) is 87.0 cm³/mol. The molecule has 2 aromatic heterocycles. The summed E-state index contributed by atoms with van der Waals surface area (Å²) in [5, 5.41) is 15.8. The lowest BCUT2D eigenvalue weighted by atomic mass is 10.3. The summed E-state index contributed by atoms with van der Waals surface area (Å²) in [5.74, 6) is -4.14. The molecule has 28 heavy (non-hydrogen) atoms. The topological polar surface area (TPSA) is 269 Å². The molecule has 0 aliphatic rings. The van der Waals surface area contributed by atoms with Gasteiger partial charge in [-0.05, 0) is 0 Å². The lowest BCUT2D eigenvalue weighted by Crippen LogP contribution is -2.23. The number of rotatable bonds is 3. The van der Waals surface area contributed by atoms with Crippen molar-refractivity contribution < 1.29 is 39.5 Å². The van der Waals surface area contributed by atoms with E-state index in [9.17, 15) is 37.5 Å². The minimum atomic E-state index is -1.08. The Morgan fingerprint density at radius 3 is 1.21 bits per heavy atom. The van der Waals surface area contributed by atoms with Gasteiger partial charge in [0.25, 0.3) is 11.1 Å². The number of carbonyl (C=O) groups is 2. The zero-order valence-electron chi connectivity index (χ0n) is 13.7. The van der Waals surface area contributed by atoms with Gasteiger partial charge < -0.3 is 31.1 Å². The Bertz CT molecular complexity index is 898. The monoisotopic (exact) mass is 414 g/mol. The van der Waals surface area contributed by atoms with Gasteiger partial charge in [-0.15, -0.1) is 0 Å². The van der Waals surface area contributed by atoms with E-state index in [1.54, 1.807) is 9.97 Å². The fraction of sp³-hybridized carbons (Fsp3) is 0.167. The van der Waals surface area contributed by atoms with E-state index in [0.29, 0.717) is 12.4 Å². The highest BCUT2D eigenvalue weighted by Crippen LogP contribution is 1.86. The van der Waals surface area contributed by atoms with E-state index >= 15 is 0 Å². The van der Waals surface area contributed by atoms with Crippen molar-refractivity contribution in [3.63, 3.8) is 0 Å². The van der Waals surface area contributed by atoms with Gasteiger partial charge in [0.15, 0.2) is 0 Å². The maximum atomic E-state index is 12.0. The summed E-state index contributed by atoms with van der Waals surface area (Å²) in [5.41, 5.74) is -3.42. The molecule has 0 saturated heterocycles. The number of aliphatic carboxylic acids is 2. The molecule has 2 aromatic rings. The van der Waals surface area contributed by atoms with E-state index in [1.807, 2.05) is 9.97 Å². The van der Waals surface area contributed by atoms with Gasteiger partial charge >= 0.3 is 23.3 Å². The molecule has 2 heterocycles. The Kier molecular flexibility index (Phi) is 14.7. The Balaban J connectivity index is -0.000000324. The number of carboxylic acids is 2. The van der Waals surface area contributed by atoms with Crippen LogP contribution in [0.2, 0.25) is 0 Å². The first-order valence-electron chi connectivity index (χ1n) is 6.41. The van der Waals surface area contributed by atoms with E-state index in [2.05, 4.69) is 0 Å². The lowest BCUT2D eigenvalue weighted by molar-refractivity contribution is -0.143. The Labute approximate surface area is 151 Å². The molecule has 0 aromatic carbocycles. The quantitative estimate of drug-likeness (QED) is 0.295. The van der Waals surface area contributed by atoms with Crippen molar-refractivity contribution in [3.8, 4) is 0 Å². The zero-order valence-corrected chi connectivity index (χ0v) is 13.7. The van der Waals surface area contributed by atoms with Crippen molar-refractivity contribution in [1.82, 2.24) is 19.9 Å². The molecule has 0 bridgehead atoms. The number of hydrogen-bond donors (Lipinski definition) is 6. The molecule has 0 atom stereocenters. The van der Waals surface area contributed by atoms with Crippen molar-refractivity contribution in [2.75, 3.05) is 0 Å². The summed E-state index contributed by atoms with van der Waals surface area (Å²) >= 11 is 0. The molecule has 14 nitrogen and oxygen atoms in total. The molecule has 0 unspecified atom stereocenters. The fourth-order valence-electron chi connectivity index (χ4n) is 1.00. The van der Waals surface area contributed by atoms with Gasteiger partial charge in [-0.2, -0.15) is 8.78 Å². The lowest BCUT2D eigenvalue weighted by Gasteiger charge is -1.85. The number of carboxylic acid groups (broad SMARTS) is 2. The second-order valence-electron chi connectivity index (χ2n) is 4.13. The first-order chi connectivity index (χ1) is 12.0. The minimum absolute atomic E-state index is 0. The number of nitrogens with one attached hydrogen (secondary N) is 4. The molecular weight excluding hydrogens is 398 g/mol. The summed E-state index contributed by atoms with van der Waals surface area (Å²) in [6, 6.07) is 0. The average molecular weight is 414 g/mol. The van der Waals surface area contributed by atoms with Crippen LogP contribution in [0.15, 0.2) is 31.6 Å². The summed E-state index contributed by atoms with van der Waals surface area (Å²) in [6.07, 6.45) is 0.826. The molecule has 0 saturated carbocycles. The van der Waals surface area contributed by atoms with Gasteiger partial charge in [-0.1, -0.05) is 0 Å². The second-order valence-corrected chi connectivity index (χ2v) is 4.13. The highest BCUT2D eigenvalue weighted by molar-refractivity contribution is 5.75. The smallest absolute Gasteiger partial charge is 0.325 e. The SMILES string of the molecule is O.O.O=C(O)CCC(=O)O.O=c1[nH]cc(F)c(=O)[nH]1.O=c1[nH]cc(F)c(=O)[nH]1. The Hall–Kier alpha value is -3.92. The molecule has 10 N–H and O–H groups in total. The number of aromatic nitrogens is 4. The number of hydrogen-bond acceptors (Lipinski definition) is 6. The zero-order chi connectivity index (χ0) is 20.3. The van der Waals surface area contributed by atoms with Crippen LogP contribution in [0, 0.1) is 11.6 Å². The molecule has 0 aliphatic heterocycles. The maximum absolute atomic E-state index is 12.0. The van der Waals surface area contributed by atoms with Crippen LogP contribution in [0.4, 0.5) is 8.78 Å². The Morgan fingerprint density at radius 2 is 1.04 bits per heavy atom. The standard InChI is InChI=1S/2C4H3FN2O2.C4H6O4.2H2O/c2*5-2-1-6-4(9)7-3(2)8;5-3(6)1-2-4(7)8;;/h2*1H,(H2,6,7,8,9);1-2H2,(H,5,6)(H,7,8);2*1H2. The van der Waals surface area contributed by atoms with Gasteiger partial charge in [-0.3, -0.25) is 29.1 Å². The molecule has 158 valence electrons. The van der Waals surface area contributed by atoms with Crippen LogP contribution in [-0.4, -0.2) is 53.0 Å². The first kappa shape index (κ1) is 28.9. The van der Waals surface area contributed by atoms with Gasteiger partial charge in [0, 0.05) is 12.4 Å². The molecular formula is C12H16F2N4O10. The third-order valence-electron chi connectivity index (χ3n) is 2.10. The van der Waals surface area contributed by atoms with E-state index in [0.717, 1.165) is 0 Å². The second kappa shape index (κ2) is 14.3. The van der Waals surface area contributed by atoms with Crippen molar-refractivity contribution >= 4 is 11.9 Å². The summed E-state index contributed by atoms with van der Waals surface area (Å²) in [7, 11) is 0. The summed E-state index contributed by atoms with van der Waals surface area (Å²) in [4.78, 5) is 67.3. The van der Waals surface area contributed by atoms with Crippen LogP contribution in [0.25, 0.3) is 0 Å². The first-order valence-corrected chi connectivity index (χ1v) is 6.41. The van der Waals surface area contributed by atoms with E-state index in [1.165, 1.54) is 0 Å². The van der Waals surface area contributed by atoms with Crippen molar-refractivity contribution in [2.45, 2.75) is 12.8 Å². The average Bonchev–Trinajstić information content (AvgIpc) is 2.54. The number of H-pyrrole nitrogens is 4. The van der Waals surface area contributed by atoms with Gasteiger partial charge in [0.2, 0.25) is 11.6 Å². The van der Waals surface area contributed by atoms with Crippen LogP contribution in [0.5, 0.6) is 0 Å². The van der Waals surface area contributed by atoms with E-state index < -0.39 is 46.1 Å². The third kappa shape index (κ3) is 13.4. The van der Waals surface area contributed by atoms with E-state index in [-0.39, 0.29) is 23.8 Å². The van der Waals surface area contributed by atoms with E-state index in [4.69, 9.17) is 10.2 Å². The molecule has 0 radical (unpaired) electrons. The van der Waals surface area contributed by atoms with Gasteiger partial charge in [0.05, 0.1) is 12.8 Å². The van der Waals surface area contributed by atoms with Crippen molar-refractivity contribution in [3.05, 3.63) is 65.7 Å². The molecule has 0 fully saturated rings. The maximum Gasteiger partial charge on any atom is 0.325 e. The van der Waals surface area contributed by atoms with Gasteiger partial charge in [-0.25, -0.2) is 9.59 Å². The minimum Gasteiger partial charge on any atom is -0.481 e. The molecule has 0 spiro atoms. The predicted octanol–water partition coefficient (Wildman–Crippen LogP) is -3.31. The van der Waals surface area contributed by atoms with Crippen LogP contribution < -0.4 is 22.5 Å². The highest BCUT2D eigenvalue weighted by Gasteiger charge is 2.00. The molecule has 0 amide bonds. The Morgan fingerprint density at radius 1 is 0.750 bits per heavy atom. The summed E-state index contributed by atoms with van der Waals surface area (Å²) in [6.45, 7) is 0. The van der Waals surface area contributed by atoms with Crippen LogP contribution in [-0.2, 0) is 9.59 Å². The van der Waals surface area contributed by atoms with Crippen LogP contribution in [0.1, 0.15) is 12.8 Å². The third-order valence-corrected chi connectivity index (χ3v) is 2.10. The van der Waals surface area contributed by atoms with Gasteiger partial charge in [0.1, 0.15) is 0 Å². The number of aromatic amines is 4. The van der Waals surface area contributed by atoms with Crippen LogP contribution in [0.3, 0.4) is 0 Å². The molecule has 2 rings (SSSR count). The number of halogens is 2. The normalized spacial score (nSPS) is 8.50. The van der Waals surface area contributed by atoms with Crippen LogP contribution >= 0.6 is 0 Å². The summed E-state index contributed by atoms with van der Waals surface area (Å²) < 4.78 is 24.0. The fourth-order valence-corrected chi connectivity index (χ4v) is 1.00. The van der Waals surface area contributed by atoms with Crippen molar-refractivity contribution in [1.29, 1.82) is 0 Å². The molecule has 0 aliphatic carbocycles. The highest BCUT2D eigenvalue weighted by atomic mass is 19.1. The molecule has 16 heteroatoms. The largest absolute Gasteiger partial charge is 0.481 e.